The van der Waals surface area contributed by atoms with Gasteiger partial charge in [0.05, 0.1) is 20.7 Å². The summed E-state index contributed by atoms with van der Waals surface area (Å²) in [6.07, 6.45) is 0. The Morgan fingerprint density at radius 3 is 2.60 bits per heavy atom. The third kappa shape index (κ3) is 4.75. The van der Waals surface area contributed by atoms with Gasteiger partial charge in [0.1, 0.15) is 6.61 Å². The van der Waals surface area contributed by atoms with Gasteiger partial charge in [-0.3, -0.25) is 10.1 Å². The zero-order chi connectivity index (χ0) is 16.9. The minimum atomic E-state index is -0.510. The monoisotopic (exact) mass is 378 g/mol. The fourth-order valence-corrected chi connectivity index (χ4v) is 3.93. The molecule has 0 fully saturated rings. The van der Waals surface area contributed by atoms with Gasteiger partial charge in [-0.2, -0.15) is 0 Å². The third-order valence-electron chi connectivity index (χ3n) is 3.13. The Bertz CT molecular complexity index is 847. The topological polar surface area (TPSA) is 114 Å². The van der Waals surface area contributed by atoms with Crippen LogP contribution in [-0.2, 0) is 4.74 Å². The van der Waals surface area contributed by atoms with Crippen LogP contribution in [0.15, 0.2) is 52.9 Å². The Balaban J connectivity index is 0.00000225. The molecule has 0 radical (unpaired) electrons. The summed E-state index contributed by atoms with van der Waals surface area (Å²) in [5.41, 5.74) is 1.21. The highest BCUT2D eigenvalue weighted by Crippen LogP contribution is 2.29. The van der Waals surface area contributed by atoms with Gasteiger partial charge in [0.15, 0.2) is 4.34 Å². The summed E-state index contributed by atoms with van der Waals surface area (Å²) < 4.78 is 7.23. The van der Waals surface area contributed by atoms with Gasteiger partial charge in [0.25, 0.3) is 5.69 Å². The van der Waals surface area contributed by atoms with Gasteiger partial charge >= 0.3 is 5.97 Å². The van der Waals surface area contributed by atoms with Crippen molar-refractivity contribution in [2.45, 2.75) is 4.34 Å². The van der Waals surface area contributed by atoms with Gasteiger partial charge in [-0.1, -0.05) is 23.9 Å². The van der Waals surface area contributed by atoms with Crippen LogP contribution in [0.1, 0.15) is 10.4 Å². The average Bonchev–Trinajstić information content (AvgIpc) is 3.01. The number of ether oxygens (including phenoxy) is 1. The number of fused-ring (bicyclic) bond motifs is 1. The number of non-ortho nitro benzene ring substituents is 1. The van der Waals surface area contributed by atoms with Gasteiger partial charge in [-0.15, -0.1) is 11.3 Å². The van der Waals surface area contributed by atoms with E-state index in [9.17, 15) is 14.9 Å². The highest BCUT2D eigenvalue weighted by atomic mass is 32.2. The normalized spacial score (nSPS) is 10.2. The zero-order valence-corrected chi connectivity index (χ0v) is 14.5. The first kappa shape index (κ1) is 18.8. The lowest BCUT2D eigenvalue weighted by Crippen LogP contribution is -2.07. The van der Waals surface area contributed by atoms with Crippen molar-refractivity contribution in [3.63, 3.8) is 0 Å². The van der Waals surface area contributed by atoms with Crippen LogP contribution in [-0.4, -0.2) is 33.7 Å². The highest BCUT2D eigenvalue weighted by Gasteiger charge is 2.11. The van der Waals surface area contributed by atoms with Gasteiger partial charge in [-0.05, 0) is 24.3 Å². The van der Waals surface area contributed by atoms with Gasteiger partial charge in [-0.25, -0.2) is 9.78 Å². The molecule has 1 heterocycles. The van der Waals surface area contributed by atoms with Crippen molar-refractivity contribution >= 4 is 45.0 Å². The number of nitro groups is 1. The Hall–Kier alpha value is -2.49. The average molecular weight is 378 g/mol. The van der Waals surface area contributed by atoms with Crippen molar-refractivity contribution < 1.29 is 19.9 Å². The van der Waals surface area contributed by atoms with E-state index in [0.29, 0.717) is 11.3 Å². The van der Waals surface area contributed by atoms with Gasteiger partial charge in [0, 0.05) is 17.9 Å². The van der Waals surface area contributed by atoms with Crippen molar-refractivity contribution in [1.29, 1.82) is 0 Å². The predicted molar refractivity (Wildman–Crippen MR) is 97.3 cm³/mol. The molecule has 0 bridgehead atoms. The van der Waals surface area contributed by atoms with E-state index in [2.05, 4.69) is 4.98 Å². The van der Waals surface area contributed by atoms with Crippen molar-refractivity contribution in [1.82, 2.24) is 4.98 Å². The molecule has 0 amide bonds. The first-order valence-corrected chi connectivity index (χ1v) is 8.83. The number of nitro benzene ring substituents is 1. The molecule has 2 aromatic carbocycles. The number of aromatic nitrogens is 1. The van der Waals surface area contributed by atoms with Crippen molar-refractivity contribution in [2.24, 2.45) is 0 Å². The van der Waals surface area contributed by atoms with Crippen molar-refractivity contribution in [3.05, 3.63) is 64.2 Å². The van der Waals surface area contributed by atoms with E-state index in [1.54, 1.807) is 11.3 Å². The molecule has 0 saturated carbocycles. The first-order valence-electron chi connectivity index (χ1n) is 7.03. The van der Waals surface area contributed by atoms with Crippen LogP contribution in [0.25, 0.3) is 10.2 Å². The molecule has 0 aliphatic rings. The maximum Gasteiger partial charge on any atom is 0.338 e. The van der Waals surface area contributed by atoms with Crippen LogP contribution in [0.2, 0.25) is 0 Å². The number of nitrogens with zero attached hydrogens (tertiary/aromatic N) is 2. The second-order valence-electron chi connectivity index (χ2n) is 4.74. The number of carbonyl (C=O) groups excluding carboxylic acids is 1. The lowest BCUT2D eigenvalue weighted by atomic mass is 10.2. The zero-order valence-electron chi connectivity index (χ0n) is 12.9. The molecule has 3 rings (SSSR count). The summed E-state index contributed by atoms with van der Waals surface area (Å²) in [4.78, 5) is 26.4. The number of benzene rings is 2. The highest BCUT2D eigenvalue weighted by molar-refractivity contribution is 8.01. The molecule has 9 heteroatoms. The summed E-state index contributed by atoms with van der Waals surface area (Å²) in [6.45, 7) is 0.246. The molecule has 130 valence electrons. The number of hydrogen-bond acceptors (Lipinski definition) is 7. The number of rotatable bonds is 6. The summed E-state index contributed by atoms with van der Waals surface area (Å²) in [7, 11) is 0. The van der Waals surface area contributed by atoms with E-state index in [-0.39, 0.29) is 17.8 Å². The Morgan fingerprint density at radius 2 is 1.92 bits per heavy atom. The third-order valence-corrected chi connectivity index (χ3v) is 5.27. The van der Waals surface area contributed by atoms with Crippen LogP contribution >= 0.6 is 23.1 Å². The molecule has 0 aliphatic carbocycles. The molecule has 25 heavy (non-hydrogen) atoms. The minimum absolute atomic E-state index is 0. The second-order valence-corrected chi connectivity index (χ2v) is 7.11. The molecule has 7 nitrogen and oxygen atoms in total. The Labute approximate surface area is 151 Å². The van der Waals surface area contributed by atoms with E-state index in [0.717, 1.165) is 14.6 Å². The molecule has 0 saturated heterocycles. The SMILES string of the molecule is O.O=C(OCCSc1nc2ccccc2s1)c1ccc([N+](=O)[O-])cc1. The van der Waals surface area contributed by atoms with E-state index in [1.807, 2.05) is 24.3 Å². The van der Waals surface area contributed by atoms with Gasteiger partial charge in [0.2, 0.25) is 0 Å². The number of carbonyl (C=O) groups is 1. The Morgan fingerprint density at radius 1 is 1.20 bits per heavy atom. The Kier molecular flexibility index (Phi) is 6.45. The van der Waals surface area contributed by atoms with Crippen molar-refractivity contribution in [3.8, 4) is 0 Å². The molecule has 0 aliphatic heterocycles. The number of para-hydroxylation sites is 1. The summed E-state index contributed by atoms with van der Waals surface area (Å²) in [6, 6.07) is 13.3. The summed E-state index contributed by atoms with van der Waals surface area (Å²) >= 11 is 3.13. The second kappa shape index (κ2) is 8.56. The van der Waals surface area contributed by atoms with Crippen LogP contribution in [0.4, 0.5) is 5.69 Å². The maximum atomic E-state index is 11.9. The number of esters is 1. The number of thioether (sulfide) groups is 1. The molecule has 0 spiro atoms. The van der Waals surface area contributed by atoms with Crippen LogP contribution in [0.3, 0.4) is 0 Å². The molecule has 1 aromatic heterocycles. The van der Waals surface area contributed by atoms with E-state index >= 15 is 0 Å². The van der Waals surface area contributed by atoms with Crippen LogP contribution < -0.4 is 0 Å². The summed E-state index contributed by atoms with van der Waals surface area (Å²) in [5.74, 6) is 0.105. The smallest absolute Gasteiger partial charge is 0.338 e. The maximum absolute atomic E-state index is 11.9. The molecular formula is C16H14N2O5S2. The lowest BCUT2D eigenvalue weighted by Gasteiger charge is -2.03. The molecule has 0 unspecified atom stereocenters. The molecule has 2 N–H and O–H groups in total. The number of hydrogen-bond donors (Lipinski definition) is 0. The first-order chi connectivity index (χ1) is 11.6. The minimum Gasteiger partial charge on any atom is -0.461 e. The summed E-state index contributed by atoms with van der Waals surface area (Å²) in [5, 5.41) is 10.6. The standard InChI is InChI=1S/C16H12N2O4S2.H2O/c19-15(11-5-7-12(8-6-11)18(20)21)22-9-10-23-16-17-13-3-1-2-4-14(13)24-16;/h1-8H,9-10H2;1H2. The van der Waals surface area contributed by atoms with Crippen molar-refractivity contribution in [2.75, 3.05) is 12.4 Å². The molecule has 0 atom stereocenters. The predicted octanol–water partition coefficient (Wildman–Crippen LogP) is 3.33. The largest absolute Gasteiger partial charge is 0.461 e. The van der Waals surface area contributed by atoms with Crippen LogP contribution in [0, 0.1) is 10.1 Å². The molecular weight excluding hydrogens is 364 g/mol. The fourth-order valence-electron chi connectivity index (χ4n) is 1.98. The van der Waals surface area contributed by atoms with Gasteiger partial charge < -0.3 is 10.2 Å². The molecule has 3 aromatic rings. The van der Waals surface area contributed by atoms with E-state index in [4.69, 9.17) is 4.74 Å². The van der Waals surface area contributed by atoms with E-state index in [1.165, 1.54) is 36.0 Å². The quantitative estimate of drug-likeness (QED) is 0.214. The fraction of sp³-hybridized carbons (Fsp3) is 0.125. The van der Waals surface area contributed by atoms with Crippen LogP contribution in [0.5, 0.6) is 0 Å². The van der Waals surface area contributed by atoms with E-state index < -0.39 is 10.9 Å². The number of thiazole rings is 1. The lowest BCUT2D eigenvalue weighted by molar-refractivity contribution is -0.384.